The topological polar surface area (TPSA) is 101 Å². The summed E-state index contributed by atoms with van der Waals surface area (Å²) in [7, 11) is -4.12. The highest BCUT2D eigenvalue weighted by Gasteiger charge is 2.25. The van der Waals surface area contributed by atoms with Crippen molar-refractivity contribution in [2.45, 2.75) is 44.2 Å². The lowest BCUT2D eigenvalue weighted by Gasteiger charge is -2.21. The molecule has 0 radical (unpaired) electrons. The Labute approximate surface area is 136 Å². The van der Waals surface area contributed by atoms with E-state index in [9.17, 15) is 17.6 Å². The smallest absolute Gasteiger partial charge is 0.244 e. The lowest BCUT2D eigenvalue weighted by atomic mass is 10.0. The molecule has 4 N–H and O–H groups in total. The Morgan fingerprint density at radius 3 is 2.39 bits per heavy atom. The summed E-state index contributed by atoms with van der Waals surface area (Å²) in [5, 5.41) is 2.70. The molecule has 0 aliphatic carbocycles. The zero-order chi connectivity index (χ0) is 17.6. The average molecular weight is 345 g/mol. The van der Waals surface area contributed by atoms with Crippen molar-refractivity contribution in [1.29, 1.82) is 0 Å². The van der Waals surface area contributed by atoms with Crippen LogP contribution in [0.3, 0.4) is 0 Å². The van der Waals surface area contributed by atoms with Gasteiger partial charge in [0.15, 0.2) is 0 Å². The summed E-state index contributed by atoms with van der Waals surface area (Å²) in [4.78, 5) is 11.6. The maximum atomic E-state index is 13.6. The van der Waals surface area contributed by atoms with E-state index < -0.39 is 32.7 Å². The van der Waals surface area contributed by atoms with E-state index in [1.807, 2.05) is 13.8 Å². The summed E-state index contributed by atoms with van der Waals surface area (Å²) >= 11 is 0. The van der Waals surface area contributed by atoms with Crippen LogP contribution in [0.4, 0.5) is 4.39 Å². The summed E-state index contributed by atoms with van der Waals surface area (Å²) in [6.45, 7) is 5.66. The first-order valence-electron chi connectivity index (χ1n) is 7.44. The SMILES string of the molecule is CC(C)CC(CN)NC(=O)C(C)NS(=O)(=O)c1ccccc1F. The van der Waals surface area contributed by atoms with E-state index in [2.05, 4.69) is 10.0 Å². The molecule has 0 aliphatic heterocycles. The number of rotatable bonds is 8. The molecule has 8 heteroatoms. The van der Waals surface area contributed by atoms with E-state index in [1.165, 1.54) is 19.1 Å². The van der Waals surface area contributed by atoms with Gasteiger partial charge in [-0.05, 0) is 31.4 Å². The van der Waals surface area contributed by atoms with E-state index >= 15 is 0 Å². The van der Waals surface area contributed by atoms with Gasteiger partial charge in [0, 0.05) is 12.6 Å². The minimum atomic E-state index is -4.12. The first kappa shape index (κ1) is 19.5. The number of hydrogen-bond acceptors (Lipinski definition) is 4. The molecule has 0 fully saturated rings. The van der Waals surface area contributed by atoms with Crippen LogP contribution >= 0.6 is 0 Å². The standard InChI is InChI=1S/C15H24FN3O3S/c1-10(2)8-12(9-17)18-15(20)11(3)19-23(21,22)14-7-5-4-6-13(14)16/h4-7,10-12,19H,8-9,17H2,1-3H3,(H,18,20). The Balaban J connectivity index is 2.76. The highest BCUT2D eigenvalue weighted by atomic mass is 32.2. The van der Waals surface area contributed by atoms with Crippen molar-refractivity contribution in [3.63, 3.8) is 0 Å². The van der Waals surface area contributed by atoms with Crippen molar-refractivity contribution in [2.24, 2.45) is 11.7 Å². The minimum absolute atomic E-state index is 0.233. The van der Waals surface area contributed by atoms with E-state index in [-0.39, 0.29) is 12.6 Å². The predicted molar refractivity (Wildman–Crippen MR) is 86.6 cm³/mol. The first-order chi connectivity index (χ1) is 10.7. The zero-order valence-electron chi connectivity index (χ0n) is 13.5. The summed E-state index contributed by atoms with van der Waals surface area (Å²) in [6, 6.07) is 3.72. The molecule has 0 saturated heterocycles. The fourth-order valence-corrected chi connectivity index (χ4v) is 3.40. The largest absolute Gasteiger partial charge is 0.351 e. The summed E-state index contributed by atoms with van der Waals surface area (Å²) < 4.78 is 40.1. The number of sulfonamides is 1. The number of carbonyl (C=O) groups is 1. The molecule has 1 aromatic rings. The normalized spacial score (nSPS) is 14.5. The molecule has 130 valence electrons. The van der Waals surface area contributed by atoms with Gasteiger partial charge in [-0.25, -0.2) is 12.8 Å². The van der Waals surface area contributed by atoms with Crippen molar-refractivity contribution < 1.29 is 17.6 Å². The van der Waals surface area contributed by atoms with Gasteiger partial charge in [0.25, 0.3) is 0 Å². The van der Waals surface area contributed by atoms with Crippen LogP contribution in [0.15, 0.2) is 29.2 Å². The van der Waals surface area contributed by atoms with Crippen LogP contribution in [0, 0.1) is 11.7 Å². The van der Waals surface area contributed by atoms with Crippen LogP contribution in [0.25, 0.3) is 0 Å². The summed E-state index contributed by atoms with van der Waals surface area (Å²) in [5.41, 5.74) is 5.60. The Bertz CT molecular complexity index is 635. The Morgan fingerprint density at radius 2 is 1.87 bits per heavy atom. The van der Waals surface area contributed by atoms with Crippen molar-refractivity contribution in [1.82, 2.24) is 10.0 Å². The van der Waals surface area contributed by atoms with E-state index in [4.69, 9.17) is 5.73 Å². The van der Waals surface area contributed by atoms with Gasteiger partial charge in [-0.3, -0.25) is 4.79 Å². The number of hydrogen-bond donors (Lipinski definition) is 3. The number of benzene rings is 1. The van der Waals surface area contributed by atoms with Crippen molar-refractivity contribution in [3.8, 4) is 0 Å². The quantitative estimate of drug-likeness (QED) is 0.654. The lowest BCUT2D eigenvalue weighted by Crippen LogP contribution is -2.50. The molecule has 0 bridgehead atoms. The van der Waals surface area contributed by atoms with Gasteiger partial charge in [0.2, 0.25) is 15.9 Å². The molecule has 0 aromatic heterocycles. The van der Waals surface area contributed by atoms with Gasteiger partial charge in [0.1, 0.15) is 10.7 Å². The fourth-order valence-electron chi connectivity index (χ4n) is 2.12. The van der Waals surface area contributed by atoms with Gasteiger partial charge >= 0.3 is 0 Å². The van der Waals surface area contributed by atoms with Crippen LogP contribution in [0.5, 0.6) is 0 Å². The molecule has 0 saturated carbocycles. The van der Waals surface area contributed by atoms with Gasteiger partial charge < -0.3 is 11.1 Å². The molecule has 23 heavy (non-hydrogen) atoms. The Morgan fingerprint density at radius 1 is 1.26 bits per heavy atom. The second-order valence-corrected chi connectivity index (χ2v) is 7.53. The van der Waals surface area contributed by atoms with Crippen LogP contribution in [-0.4, -0.2) is 33.0 Å². The molecule has 0 aliphatic rings. The highest BCUT2D eigenvalue weighted by molar-refractivity contribution is 7.89. The molecule has 6 nitrogen and oxygen atoms in total. The molecular formula is C15H24FN3O3S. The molecule has 2 atom stereocenters. The fraction of sp³-hybridized carbons (Fsp3) is 0.533. The second-order valence-electron chi connectivity index (χ2n) is 5.84. The summed E-state index contributed by atoms with van der Waals surface area (Å²) in [6.07, 6.45) is 0.690. The third kappa shape index (κ3) is 5.89. The number of carbonyl (C=O) groups excluding carboxylic acids is 1. The van der Waals surface area contributed by atoms with Crippen molar-refractivity contribution in [2.75, 3.05) is 6.54 Å². The molecule has 0 heterocycles. The van der Waals surface area contributed by atoms with E-state index in [1.54, 1.807) is 0 Å². The maximum absolute atomic E-state index is 13.6. The first-order valence-corrected chi connectivity index (χ1v) is 8.93. The number of nitrogens with two attached hydrogens (primary N) is 1. The molecule has 0 spiro atoms. The lowest BCUT2D eigenvalue weighted by molar-refractivity contribution is -0.123. The van der Waals surface area contributed by atoms with Gasteiger partial charge in [-0.1, -0.05) is 26.0 Å². The number of nitrogens with one attached hydrogen (secondary N) is 2. The highest BCUT2D eigenvalue weighted by Crippen LogP contribution is 2.13. The Kier molecular flexibility index (Phi) is 7.11. The summed E-state index contributed by atoms with van der Waals surface area (Å²) in [5.74, 6) is -1.03. The van der Waals surface area contributed by atoms with Crippen LogP contribution in [-0.2, 0) is 14.8 Å². The van der Waals surface area contributed by atoms with Crippen molar-refractivity contribution >= 4 is 15.9 Å². The average Bonchev–Trinajstić information content (AvgIpc) is 2.45. The van der Waals surface area contributed by atoms with Crippen LogP contribution < -0.4 is 15.8 Å². The van der Waals surface area contributed by atoms with Gasteiger partial charge in [-0.2, -0.15) is 4.72 Å². The van der Waals surface area contributed by atoms with Crippen LogP contribution in [0.1, 0.15) is 27.2 Å². The number of halogens is 1. The monoisotopic (exact) mass is 345 g/mol. The molecular weight excluding hydrogens is 321 g/mol. The van der Waals surface area contributed by atoms with E-state index in [0.717, 1.165) is 12.1 Å². The second kappa shape index (κ2) is 8.37. The zero-order valence-corrected chi connectivity index (χ0v) is 14.4. The van der Waals surface area contributed by atoms with Crippen LogP contribution in [0.2, 0.25) is 0 Å². The molecule has 2 unspecified atom stereocenters. The molecule has 1 amide bonds. The third-order valence-corrected chi connectivity index (χ3v) is 4.81. The Hall–Kier alpha value is -1.51. The van der Waals surface area contributed by atoms with Crippen molar-refractivity contribution in [3.05, 3.63) is 30.1 Å². The molecule has 1 aromatic carbocycles. The predicted octanol–water partition coefficient (Wildman–Crippen LogP) is 0.982. The van der Waals surface area contributed by atoms with Gasteiger partial charge in [0.05, 0.1) is 6.04 Å². The maximum Gasteiger partial charge on any atom is 0.244 e. The molecule has 1 rings (SSSR count). The third-order valence-electron chi connectivity index (χ3n) is 3.24. The number of amides is 1. The van der Waals surface area contributed by atoms with Gasteiger partial charge in [-0.15, -0.1) is 0 Å². The van der Waals surface area contributed by atoms with E-state index in [0.29, 0.717) is 12.3 Å². The minimum Gasteiger partial charge on any atom is -0.351 e.